The van der Waals surface area contributed by atoms with E-state index < -0.39 is 0 Å². The Morgan fingerprint density at radius 1 is 1.17 bits per heavy atom. The van der Waals surface area contributed by atoms with Crippen LogP contribution in [0.2, 0.25) is 0 Å². The van der Waals surface area contributed by atoms with Gasteiger partial charge in [-0.25, -0.2) is 4.39 Å². The molecule has 0 spiro atoms. The van der Waals surface area contributed by atoms with Gasteiger partial charge in [0, 0.05) is 16.7 Å². The summed E-state index contributed by atoms with van der Waals surface area (Å²) in [6.07, 6.45) is 0. The van der Waals surface area contributed by atoms with Crippen molar-refractivity contribution in [3.63, 3.8) is 0 Å². The number of anilines is 3. The predicted octanol–water partition coefficient (Wildman–Crippen LogP) is 4.33. The SMILES string of the molecule is CCN(c1ccc(F)cc1)c1ccc(Br)cc1N. The molecule has 18 heavy (non-hydrogen) atoms. The minimum atomic E-state index is -0.237. The van der Waals surface area contributed by atoms with Crippen LogP contribution in [-0.4, -0.2) is 6.54 Å². The number of nitrogens with two attached hydrogens (primary N) is 1. The molecule has 0 aromatic heterocycles. The van der Waals surface area contributed by atoms with Gasteiger partial charge < -0.3 is 10.6 Å². The highest BCUT2D eigenvalue weighted by Crippen LogP contribution is 2.32. The van der Waals surface area contributed by atoms with Crippen molar-refractivity contribution in [2.24, 2.45) is 0 Å². The Balaban J connectivity index is 2.41. The zero-order valence-electron chi connectivity index (χ0n) is 10.0. The molecule has 2 aromatic rings. The smallest absolute Gasteiger partial charge is 0.123 e. The molecule has 0 amide bonds. The van der Waals surface area contributed by atoms with Gasteiger partial charge in [0.05, 0.1) is 11.4 Å². The first-order valence-electron chi connectivity index (χ1n) is 5.70. The molecular formula is C14H14BrFN2. The van der Waals surface area contributed by atoms with Crippen molar-refractivity contribution < 1.29 is 4.39 Å². The van der Waals surface area contributed by atoms with Gasteiger partial charge in [0.2, 0.25) is 0 Å². The molecule has 2 aromatic carbocycles. The Hall–Kier alpha value is -1.55. The van der Waals surface area contributed by atoms with Crippen LogP contribution in [0.1, 0.15) is 6.92 Å². The van der Waals surface area contributed by atoms with E-state index in [0.717, 1.165) is 22.4 Å². The van der Waals surface area contributed by atoms with E-state index in [9.17, 15) is 4.39 Å². The zero-order chi connectivity index (χ0) is 13.1. The standard InChI is InChI=1S/C14H14BrFN2/c1-2-18(12-6-4-11(16)5-7-12)14-8-3-10(15)9-13(14)17/h3-9H,2,17H2,1H3. The highest BCUT2D eigenvalue weighted by Gasteiger charge is 2.10. The molecule has 2 nitrogen and oxygen atoms in total. The third-order valence-corrected chi connectivity index (χ3v) is 3.23. The first-order chi connectivity index (χ1) is 8.61. The van der Waals surface area contributed by atoms with Gasteiger partial charge in [0.1, 0.15) is 5.82 Å². The van der Waals surface area contributed by atoms with E-state index in [1.54, 1.807) is 12.1 Å². The van der Waals surface area contributed by atoms with Crippen molar-refractivity contribution >= 4 is 33.0 Å². The molecule has 94 valence electrons. The van der Waals surface area contributed by atoms with Crippen molar-refractivity contribution in [3.8, 4) is 0 Å². The summed E-state index contributed by atoms with van der Waals surface area (Å²) in [5.41, 5.74) is 8.56. The van der Waals surface area contributed by atoms with Crippen molar-refractivity contribution in [3.05, 3.63) is 52.8 Å². The maximum Gasteiger partial charge on any atom is 0.123 e. The quantitative estimate of drug-likeness (QED) is 0.855. The second kappa shape index (κ2) is 5.40. The van der Waals surface area contributed by atoms with Crippen molar-refractivity contribution in [2.75, 3.05) is 17.2 Å². The number of halogens is 2. The Labute approximate surface area is 114 Å². The minimum Gasteiger partial charge on any atom is -0.397 e. The average Bonchev–Trinajstić information content (AvgIpc) is 2.35. The lowest BCUT2D eigenvalue weighted by molar-refractivity contribution is 0.628. The fourth-order valence-electron chi connectivity index (χ4n) is 1.88. The number of nitrogen functional groups attached to an aromatic ring is 1. The van der Waals surface area contributed by atoms with E-state index in [1.807, 2.05) is 30.0 Å². The van der Waals surface area contributed by atoms with Gasteiger partial charge in [-0.15, -0.1) is 0 Å². The fourth-order valence-corrected chi connectivity index (χ4v) is 2.26. The largest absolute Gasteiger partial charge is 0.397 e. The molecule has 2 N–H and O–H groups in total. The Kier molecular flexibility index (Phi) is 3.87. The van der Waals surface area contributed by atoms with E-state index in [4.69, 9.17) is 5.73 Å². The molecule has 0 fully saturated rings. The first kappa shape index (κ1) is 12.9. The lowest BCUT2D eigenvalue weighted by Crippen LogP contribution is -2.17. The van der Waals surface area contributed by atoms with Crippen LogP contribution in [0.5, 0.6) is 0 Å². The summed E-state index contributed by atoms with van der Waals surface area (Å²) in [6, 6.07) is 12.2. The molecule has 0 heterocycles. The van der Waals surface area contributed by atoms with Crippen LogP contribution in [-0.2, 0) is 0 Å². The molecule has 0 radical (unpaired) electrons. The van der Waals surface area contributed by atoms with Gasteiger partial charge in [-0.1, -0.05) is 15.9 Å². The van der Waals surface area contributed by atoms with E-state index >= 15 is 0 Å². The van der Waals surface area contributed by atoms with E-state index in [-0.39, 0.29) is 5.82 Å². The molecular weight excluding hydrogens is 295 g/mol. The molecule has 0 unspecified atom stereocenters. The molecule has 0 aliphatic rings. The van der Waals surface area contributed by atoms with Crippen molar-refractivity contribution in [1.82, 2.24) is 0 Å². The van der Waals surface area contributed by atoms with E-state index in [0.29, 0.717) is 5.69 Å². The van der Waals surface area contributed by atoms with Crippen LogP contribution in [0.15, 0.2) is 46.9 Å². The highest BCUT2D eigenvalue weighted by molar-refractivity contribution is 9.10. The summed E-state index contributed by atoms with van der Waals surface area (Å²) in [7, 11) is 0. The summed E-state index contributed by atoms with van der Waals surface area (Å²) < 4.78 is 13.9. The van der Waals surface area contributed by atoms with Crippen molar-refractivity contribution in [2.45, 2.75) is 6.92 Å². The van der Waals surface area contributed by atoms with Crippen LogP contribution >= 0.6 is 15.9 Å². The Morgan fingerprint density at radius 3 is 2.39 bits per heavy atom. The van der Waals surface area contributed by atoms with E-state index in [2.05, 4.69) is 15.9 Å². The molecule has 0 saturated heterocycles. The van der Waals surface area contributed by atoms with Crippen LogP contribution in [0.3, 0.4) is 0 Å². The topological polar surface area (TPSA) is 29.3 Å². The lowest BCUT2D eigenvalue weighted by atomic mass is 10.2. The van der Waals surface area contributed by atoms with Gasteiger partial charge in [0.15, 0.2) is 0 Å². The minimum absolute atomic E-state index is 0.237. The number of hydrogen-bond acceptors (Lipinski definition) is 2. The van der Waals surface area contributed by atoms with Gasteiger partial charge in [-0.05, 0) is 49.4 Å². The van der Waals surface area contributed by atoms with Crippen LogP contribution in [0, 0.1) is 5.82 Å². The normalized spacial score (nSPS) is 10.4. The third kappa shape index (κ3) is 2.64. The summed E-state index contributed by atoms with van der Waals surface area (Å²) in [6.45, 7) is 2.79. The maximum absolute atomic E-state index is 12.9. The number of nitrogens with zero attached hydrogens (tertiary/aromatic N) is 1. The first-order valence-corrected chi connectivity index (χ1v) is 6.49. The van der Waals surface area contributed by atoms with Crippen molar-refractivity contribution in [1.29, 1.82) is 0 Å². The lowest BCUT2D eigenvalue weighted by Gasteiger charge is -2.24. The Morgan fingerprint density at radius 2 is 1.83 bits per heavy atom. The fraction of sp³-hybridized carbons (Fsp3) is 0.143. The second-order valence-electron chi connectivity index (χ2n) is 3.92. The van der Waals surface area contributed by atoms with Gasteiger partial charge in [0.25, 0.3) is 0 Å². The molecule has 0 aliphatic heterocycles. The summed E-state index contributed by atoms with van der Waals surface area (Å²) in [4.78, 5) is 2.04. The zero-order valence-corrected chi connectivity index (χ0v) is 11.6. The average molecular weight is 309 g/mol. The summed E-state index contributed by atoms with van der Waals surface area (Å²) in [5, 5.41) is 0. The summed E-state index contributed by atoms with van der Waals surface area (Å²) >= 11 is 3.38. The number of hydrogen-bond donors (Lipinski definition) is 1. The van der Waals surface area contributed by atoms with Gasteiger partial charge >= 0.3 is 0 Å². The second-order valence-corrected chi connectivity index (χ2v) is 4.84. The highest BCUT2D eigenvalue weighted by atomic mass is 79.9. The molecule has 4 heteroatoms. The number of benzene rings is 2. The predicted molar refractivity (Wildman–Crippen MR) is 77.6 cm³/mol. The van der Waals surface area contributed by atoms with Crippen LogP contribution in [0.4, 0.5) is 21.5 Å². The summed E-state index contributed by atoms with van der Waals surface area (Å²) in [5.74, 6) is -0.237. The van der Waals surface area contributed by atoms with Gasteiger partial charge in [-0.3, -0.25) is 0 Å². The van der Waals surface area contributed by atoms with E-state index in [1.165, 1.54) is 12.1 Å². The van der Waals surface area contributed by atoms with Gasteiger partial charge in [-0.2, -0.15) is 0 Å². The van der Waals surface area contributed by atoms with Crippen LogP contribution in [0.25, 0.3) is 0 Å². The molecule has 0 atom stereocenters. The maximum atomic E-state index is 12.9. The molecule has 2 rings (SSSR count). The van der Waals surface area contributed by atoms with Crippen LogP contribution < -0.4 is 10.6 Å². The molecule has 0 saturated carbocycles. The number of rotatable bonds is 3. The monoisotopic (exact) mass is 308 g/mol. The Bertz CT molecular complexity index is 540. The molecule has 0 aliphatic carbocycles. The third-order valence-electron chi connectivity index (χ3n) is 2.73. The molecule has 0 bridgehead atoms.